The number of nitrogens with zero attached hydrogens (tertiary/aromatic N) is 2. The van der Waals surface area contributed by atoms with Crippen molar-refractivity contribution in [2.24, 2.45) is 5.92 Å². The van der Waals surface area contributed by atoms with Crippen LogP contribution in [0.15, 0.2) is 6.20 Å². The van der Waals surface area contributed by atoms with E-state index >= 15 is 0 Å². The number of hydrogen-bond acceptors (Lipinski definition) is 3. The summed E-state index contributed by atoms with van der Waals surface area (Å²) in [5.41, 5.74) is 1.11. The molecule has 0 amide bonds. The van der Waals surface area contributed by atoms with Crippen LogP contribution in [0.4, 0.5) is 5.95 Å². The van der Waals surface area contributed by atoms with Crippen LogP contribution in [0.2, 0.25) is 0 Å². The standard InChI is InChI=1S/C16H27N3O/c1-13-10-19(11-14-6-5-9-20-12-14)16(17-13)18-15-7-3-2-4-8-15/h10,14-15H,2-9,11-12H2,1H3,(H,17,18). The number of aromatic nitrogens is 2. The Kier molecular flexibility index (Phi) is 4.61. The molecule has 3 rings (SSSR count). The average molecular weight is 277 g/mol. The van der Waals surface area contributed by atoms with E-state index in [1.165, 1.54) is 44.9 Å². The second-order valence-electron chi connectivity index (χ2n) is 6.42. The summed E-state index contributed by atoms with van der Waals surface area (Å²) in [4.78, 5) is 4.68. The number of aryl methyl sites for hydroxylation is 1. The quantitative estimate of drug-likeness (QED) is 0.917. The molecule has 2 aliphatic rings. The Morgan fingerprint density at radius 2 is 2.10 bits per heavy atom. The number of anilines is 1. The van der Waals surface area contributed by atoms with E-state index in [0.717, 1.165) is 31.4 Å². The van der Waals surface area contributed by atoms with Gasteiger partial charge in [-0.15, -0.1) is 0 Å². The predicted octanol–water partition coefficient (Wildman–Crippen LogP) is 3.36. The summed E-state index contributed by atoms with van der Waals surface area (Å²) in [7, 11) is 0. The van der Waals surface area contributed by atoms with E-state index < -0.39 is 0 Å². The lowest BCUT2D eigenvalue weighted by molar-refractivity contribution is 0.0485. The van der Waals surface area contributed by atoms with Gasteiger partial charge in [0, 0.05) is 31.3 Å². The molecular weight excluding hydrogens is 250 g/mol. The van der Waals surface area contributed by atoms with E-state index in [0.29, 0.717) is 12.0 Å². The van der Waals surface area contributed by atoms with Crippen molar-refractivity contribution in [1.29, 1.82) is 0 Å². The third-order valence-corrected chi connectivity index (χ3v) is 4.54. The van der Waals surface area contributed by atoms with Crippen molar-refractivity contribution < 1.29 is 4.74 Å². The minimum Gasteiger partial charge on any atom is -0.381 e. The van der Waals surface area contributed by atoms with Crippen LogP contribution in [0.1, 0.15) is 50.6 Å². The lowest BCUT2D eigenvalue weighted by atomic mass is 9.96. The van der Waals surface area contributed by atoms with Crippen molar-refractivity contribution in [1.82, 2.24) is 9.55 Å². The molecule has 2 heterocycles. The highest BCUT2D eigenvalue weighted by Gasteiger charge is 2.19. The first-order chi connectivity index (χ1) is 9.81. The van der Waals surface area contributed by atoms with Crippen LogP contribution in [0, 0.1) is 12.8 Å². The first-order valence-electron chi connectivity index (χ1n) is 8.19. The highest BCUT2D eigenvalue weighted by Crippen LogP contribution is 2.23. The van der Waals surface area contributed by atoms with Gasteiger partial charge in [-0.1, -0.05) is 19.3 Å². The summed E-state index contributed by atoms with van der Waals surface area (Å²) in [6.07, 6.45) is 11.3. The maximum atomic E-state index is 5.60. The molecule has 20 heavy (non-hydrogen) atoms. The Bertz CT molecular complexity index is 380. The van der Waals surface area contributed by atoms with E-state index in [-0.39, 0.29) is 0 Å². The summed E-state index contributed by atoms with van der Waals surface area (Å²) in [6, 6.07) is 0.618. The number of hydrogen-bond donors (Lipinski definition) is 1. The molecule has 2 fully saturated rings. The Morgan fingerprint density at radius 3 is 2.85 bits per heavy atom. The maximum Gasteiger partial charge on any atom is 0.203 e. The molecular formula is C16H27N3O. The summed E-state index contributed by atoms with van der Waals surface area (Å²) < 4.78 is 7.91. The van der Waals surface area contributed by atoms with Gasteiger partial charge in [0.2, 0.25) is 5.95 Å². The van der Waals surface area contributed by atoms with Gasteiger partial charge in [-0.25, -0.2) is 4.98 Å². The van der Waals surface area contributed by atoms with Gasteiger partial charge in [0.15, 0.2) is 0 Å². The minimum absolute atomic E-state index is 0.618. The third kappa shape index (κ3) is 3.54. The lowest BCUT2D eigenvalue weighted by Gasteiger charge is -2.26. The number of ether oxygens (including phenoxy) is 1. The van der Waals surface area contributed by atoms with E-state index in [1.807, 2.05) is 0 Å². The Labute approximate surface area is 121 Å². The van der Waals surface area contributed by atoms with Gasteiger partial charge in [-0.05, 0) is 32.6 Å². The third-order valence-electron chi connectivity index (χ3n) is 4.54. The molecule has 0 bridgehead atoms. The second-order valence-corrected chi connectivity index (χ2v) is 6.42. The van der Waals surface area contributed by atoms with Crippen LogP contribution < -0.4 is 5.32 Å². The van der Waals surface area contributed by atoms with Crippen LogP contribution >= 0.6 is 0 Å². The summed E-state index contributed by atoms with van der Waals surface area (Å²) in [6.45, 7) is 4.96. The molecule has 0 radical (unpaired) electrons. The van der Waals surface area contributed by atoms with Gasteiger partial charge < -0.3 is 14.6 Å². The largest absolute Gasteiger partial charge is 0.381 e. The van der Waals surface area contributed by atoms with Crippen LogP contribution in [-0.4, -0.2) is 28.8 Å². The molecule has 4 nitrogen and oxygen atoms in total. The molecule has 0 aromatic carbocycles. The molecule has 1 N–H and O–H groups in total. The molecule has 0 spiro atoms. The van der Waals surface area contributed by atoms with E-state index in [9.17, 15) is 0 Å². The van der Waals surface area contributed by atoms with Crippen molar-refractivity contribution in [3.8, 4) is 0 Å². The van der Waals surface area contributed by atoms with Gasteiger partial charge in [-0.2, -0.15) is 0 Å². The molecule has 1 atom stereocenters. The van der Waals surface area contributed by atoms with Crippen molar-refractivity contribution in [3.05, 3.63) is 11.9 Å². The summed E-state index contributed by atoms with van der Waals surface area (Å²) in [5.74, 6) is 1.71. The summed E-state index contributed by atoms with van der Waals surface area (Å²) >= 11 is 0. The fourth-order valence-corrected chi connectivity index (χ4v) is 3.46. The van der Waals surface area contributed by atoms with Crippen LogP contribution in [0.3, 0.4) is 0 Å². The Morgan fingerprint density at radius 1 is 1.25 bits per heavy atom. The zero-order valence-electron chi connectivity index (χ0n) is 12.6. The molecule has 1 aliphatic carbocycles. The zero-order chi connectivity index (χ0) is 13.8. The smallest absolute Gasteiger partial charge is 0.203 e. The number of imidazole rings is 1. The molecule has 1 unspecified atom stereocenters. The van der Waals surface area contributed by atoms with Crippen LogP contribution in [0.25, 0.3) is 0 Å². The first-order valence-corrected chi connectivity index (χ1v) is 8.19. The fourth-order valence-electron chi connectivity index (χ4n) is 3.46. The number of nitrogens with one attached hydrogen (secondary N) is 1. The molecule has 1 saturated heterocycles. The predicted molar refractivity (Wildman–Crippen MR) is 81.0 cm³/mol. The Hall–Kier alpha value is -1.03. The van der Waals surface area contributed by atoms with Crippen molar-refractivity contribution in [2.75, 3.05) is 18.5 Å². The van der Waals surface area contributed by atoms with Gasteiger partial charge in [-0.3, -0.25) is 0 Å². The SMILES string of the molecule is Cc1cn(CC2CCCOC2)c(NC2CCCCC2)n1. The van der Waals surface area contributed by atoms with Gasteiger partial charge in [0.25, 0.3) is 0 Å². The fraction of sp³-hybridized carbons (Fsp3) is 0.812. The monoisotopic (exact) mass is 277 g/mol. The molecule has 1 saturated carbocycles. The van der Waals surface area contributed by atoms with Gasteiger partial charge >= 0.3 is 0 Å². The first kappa shape index (κ1) is 13.9. The van der Waals surface area contributed by atoms with Crippen molar-refractivity contribution in [2.45, 2.75) is 64.5 Å². The topological polar surface area (TPSA) is 39.1 Å². The molecule has 1 aliphatic heterocycles. The van der Waals surface area contributed by atoms with Gasteiger partial charge in [0.05, 0.1) is 12.3 Å². The molecule has 1 aromatic heterocycles. The Balaban J connectivity index is 1.63. The van der Waals surface area contributed by atoms with Gasteiger partial charge in [0.1, 0.15) is 0 Å². The highest BCUT2D eigenvalue weighted by molar-refractivity contribution is 5.30. The van der Waals surface area contributed by atoms with Crippen LogP contribution in [-0.2, 0) is 11.3 Å². The normalized spacial score (nSPS) is 24.8. The lowest BCUT2D eigenvalue weighted by Crippen LogP contribution is -2.26. The molecule has 4 heteroatoms. The van der Waals surface area contributed by atoms with Crippen molar-refractivity contribution in [3.63, 3.8) is 0 Å². The van der Waals surface area contributed by atoms with Crippen LogP contribution in [0.5, 0.6) is 0 Å². The van der Waals surface area contributed by atoms with E-state index in [2.05, 4.69) is 28.0 Å². The maximum absolute atomic E-state index is 5.60. The van der Waals surface area contributed by atoms with E-state index in [4.69, 9.17) is 4.74 Å². The number of rotatable bonds is 4. The zero-order valence-corrected chi connectivity index (χ0v) is 12.6. The second kappa shape index (κ2) is 6.61. The minimum atomic E-state index is 0.618. The highest BCUT2D eigenvalue weighted by atomic mass is 16.5. The summed E-state index contributed by atoms with van der Waals surface area (Å²) in [5, 5.41) is 3.67. The molecule has 1 aromatic rings. The van der Waals surface area contributed by atoms with Crippen molar-refractivity contribution >= 4 is 5.95 Å². The average Bonchev–Trinajstić information content (AvgIpc) is 2.81. The molecule has 112 valence electrons. The van der Waals surface area contributed by atoms with E-state index in [1.54, 1.807) is 0 Å².